The number of benzene rings is 1. The van der Waals surface area contributed by atoms with Gasteiger partial charge in [-0.3, -0.25) is 4.79 Å². The number of fused-ring (bicyclic) bond motifs is 1. The van der Waals surface area contributed by atoms with Crippen molar-refractivity contribution in [1.29, 1.82) is 0 Å². The Balaban J connectivity index is 1.82. The van der Waals surface area contributed by atoms with Crippen LogP contribution in [0.5, 0.6) is 0 Å². The molecule has 24 heavy (non-hydrogen) atoms. The number of halogens is 3. The maximum Gasteiger partial charge on any atom is 0.419 e. The number of H-pyrrole nitrogens is 1. The SMILES string of the molecule is O=C(Nc1cccc2c(=O)[nH]ccc12)N1CCC(O)(C(F)(F)F)C1. The normalized spacial score (nSPS) is 21.2. The zero-order valence-corrected chi connectivity index (χ0v) is 12.4. The minimum Gasteiger partial charge on any atom is -0.379 e. The van der Waals surface area contributed by atoms with Crippen molar-refractivity contribution in [2.24, 2.45) is 0 Å². The van der Waals surface area contributed by atoms with E-state index in [0.717, 1.165) is 4.90 Å². The molecule has 1 unspecified atom stereocenters. The number of likely N-dealkylation sites (tertiary alicyclic amines) is 1. The molecule has 0 aliphatic carbocycles. The van der Waals surface area contributed by atoms with E-state index >= 15 is 0 Å². The summed E-state index contributed by atoms with van der Waals surface area (Å²) in [5.74, 6) is 0. The van der Waals surface area contributed by atoms with Gasteiger partial charge in [-0.05, 0) is 18.2 Å². The van der Waals surface area contributed by atoms with E-state index in [1.807, 2.05) is 0 Å². The number of nitrogens with zero attached hydrogens (tertiary/aromatic N) is 1. The van der Waals surface area contributed by atoms with Crippen LogP contribution in [0.3, 0.4) is 0 Å². The third-order valence-electron chi connectivity index (χ3n) is 4.12. The van der Waals surface area contributed by atoms with E-state index in [-0.39, 0.29) is 12.1 Å². The van der Waals surface area contributed by atoms with E-state index in [9.17, 15) is 27.9 Å². The molecule has 1 aromatic heterocycles. The number of β-amino-alcohol motifs (C(OH)–C–C–N with tert-alkyl or cyclic N) is 1. The second-order valence-electron chi connectivity index (χ2n) is 5.70. The zero-order valence-electron chi connectivity index (χ0n) is 12.4. The molecule has 1 fully saturated rings. The van der Waals surface area contributed by atoms with E-state index in [2.05, 4.69) is 10.3 Å². The van der Waals surface area contributed by atoms with Crippen LogP contribution >= 0.6 is 0 Å². The Morgan fingerprint density at radius 3 is 2.71 bits per heavy atom. The van der Waals surface area contributed by atoms with E-state index in [4.69, 9.17) is 0 Å². The Hall–Kier alpha value is -2.55. The monoisotopic (exact) mass is 341 g/mol. The molecule has 1 aromatic carbocycles. The molecule has 0 spiro atoms. The first-order valence-corrected chi connectivity index (χ1v) is 7.17. The van der Waals surface area contributed by atoms with Gasteiger partial charge in [0.2, 0.25) is 0 Å². The quantitative estimate of drug-likeness (QED) is 0.742. The summed E-state index contributed by atoms with van der Waals surface area (Å²) in [4.78, 5) is 27.3. The van der Waals surface area contributed by atoms with Gasteiger partial charge in [0.05, 0.1) is 12.2 Å². The topological polar surface area (TPSA) is 85.4 Å². The van der Waals surface area contributed by atoms with Crippen molar-refractivity contribution in [2.45, 2.75) is 18.2 Å². The third kappa shape index (κ3) is 2.71. The average molecular weight is 341 g/mol. The summed E-state index contributed by atoms with van der Waals surface area (Å²) in [5, 5.41) is 13.0. The number of rotatable bonds is 1. The molecule has 2 heterocycles. The molecule has 3 rings (SSSR count). The number of hydrogen-bond acceptors (Lipinski definition) is 3. The third-order valence-corrected chi connectivity index (χ3v) is 4.12. The Bertz CT molecular complexity index is 849. The second kappa shape index (κ2) is 5.52. The Morgan fingerprint density at radius 1 is 1.29 bits per heavy atom. The molecular formula is C15H14F3N3O3. The second-order valence-corrected chi connectivity index (χ2v) is 5.70. The molecule has 6 nitrogen and oxygen atoms in total. The van der Waals surface area contributed by atoms with Gasteiger partial charge in [-0.15, -0.1) is 0 Å². The van der Waals surface area contributed by atoms with Crippen LogP contribution in [0, 0.1) is 0 Å². The van der Waals surface area contributed by atoms with Crippen LogP contribution in [-0.4, -0.2) is 45.9 Å². The number of alkyl halides is 3. The Morgan fingerprint density at radius 2 is 2.04 bits per heavy atom. The van der Waals surface area contributed by atoms with Crippen LogP contribution in [0.1, 0.15) is 6.42 Å². The lowest BCUT2D eigenvalue weighted by atomic mass is 10.0. The summed E-state index contributed by atoms with van der Waals surface area (Å²) >= 11 is 0. The number of nitrogens with one attached hydrogen (secondary N) is 2. The van der Waals surface area contributed by atoms with Crippen LogP contribution in [0.2, 0.25) is 0 Å². The van der Waals surface area contributed by atoms with Gasteiger partial charge in [0.25, 0.3) is 5.56 Å². The molecule has 0 bridgehead atoms. The van der Waals surface area contributed by atoms with Gasteiger partial charge < -0.3 is 20.3 Å². The van der Waals surface area contributed by atoms with Crippen molar-refractivity contribution in [3.63, 3.8) is 0 Å². The summed E-state index contributed by atoms with van der Waals surface area (Å²) in [7, 11) is 0. The van der Waals surface area contributed by atoms with Gasteiger partial charge in [0.1, 0.15) is 0 Å². The minimum absolute atomic E-state index is 0.215. The summed E-state index contributed by atoms with van der Waals surface area (Å²) < 4.78 is 38.4. The van der Waals surface area contributed by atoms with Crippen molar-refractivity contribution in [2.75, 3.05) is 18.4 Å². The highest BCUT2D eigenvalue weighted by molar-refractivity contribution is 6.01. The van der Waals surface area contributed by atoms with Gasteiger partial charge in [-0.2, -0.15) is 13.2 Å². The van der Waals surface area contributed by atoms with E-state index in [1.165, 1.54) is 6.20 Å². The number of aliphatic hydroxyl groups is 1. The van der Waals surface area contributed by atoms with Crippen LogP contribution < -0.4 is 10.9 Å². The smallest absolute Gasteiger partial charge is 0.379 e. The van der Waals surface area contributed by atoms with Crippen LogP contribution in [0.4, 0.5) is 23.7 Å². The summed E-state index contributed by atoms with van der Waals surface area (Å²) in [6, 6.07) is 5.50. The van der Waals surface area contributed by atoms with Crippen LogP contribution in [-0.2, 0) is 0 Å². The van der Waals surface area contributed by atoms with Gasteiger partial charge in [-0.1, -0.05) is 6.07 Å². The van der Waals surface area contributed by atoms with E-state index < -0.39 is 30.8 Å². The molecule has 1 aliphatic heterocycles. The van der Waals surface area contributed by atoms with Crippen molar-refractivity contribution in [1.82, 2.24) is 9.88 Å². The summed E-state index contributed by atoms with van der Waals surface area (Å²) in [5.41, 5.74) is -2.91. The summed E-state index contributed by atoms with van der Waals surface area (Å²) in [6.45, 7) is -1.04. The van der Waals surface area contributed by atoms with Crippen molar-refractivity contribution in [3.8, 4) is 0 Å². The van der Waals surface area contributed by atoms with Gasteiger partial charge in [0, 0.05) is 29.9 Å². The van der Waals surface area contributed by atoms with Crippen LogP contribution in [0.25, 0.3) is 10.8 Å². The average Bonchev–Trinajstić information content (AvgIpc) is 2.92. The lowest BCUT2D eigenvalue weighted by molar-refractivity contribution is -0.253. The first kappa shape index (κ1) is 16.3. The number of anilines is 1. The molecule has 1 atom stereocenters. The molecule has 128 valence electrons. The van der Waals surface area contributed by atoms with Crippen molar-refractivity contribution >= 4 is 22.5 Å². The lowest BCUT2D eigenvalue weighted by Crippen LogP contribution is -2.48. The number of hydrogen-bond donors (Lipinski definition) is 3. The van der Waals surface area contributed by atoms with Crippen molar-refractivity contribution in [3.05, 3.63) is 40.8 Å². The first-order valence-electron chi connectivity index (χ1n) is 7.17. The highest BCUT2D eigenvalue weighted by Gasteiger charge is 2.57. The molecule has 9 heteroatoms. The molecule has 2 amide bonds. The number of amides is 2. The number of pyridine rings is 1. The largest absolute Gasteiger partial charge is 0.419 e. The summed E-state index contributed by atoms with van der Waals surface area (Å²) in [6.07, 6.45) is -3.95. The zero-order chi connectivity index (χ0) is 17.5. The van der Waals surface area contributed by atoms with E-state index in [0.29, 0.717) is 16.5 Å². The molecule has 0 saturated carbocycles. The Labute approximate surface area is 133 Å². The highest BCUT2D eigenvalue weighted by Crippen LogP contribution is 2.37. The lowest BCUT2D eigenvalue weighted by Gasteiger charge is -2.26. The molecule has 1 aliphatic rings. The number of aromatic nitrogens is 1. The fourth-order valence-corrected chi connectivity index (χ4v) is 2.72. The predicted octanol–water partition coefficient (Wildman–Crippen LogP) is 2.06. The molecule has 2 aromatic rings. The number of aromatic amines is 1. The number of carbonyl (C=O) groups is 1. The maximum atomic E-state index is 12.8. The molecular weight excluding hydrogens is 327 g/mol. The fourth-order valence-electron chi connectivity index (χ4n) is 2.72. The number of urea groups is 1. The van der Waals surface area contributed by atoms with Gasteiger partial charge in [-0.25, -0.2) is 4.79 Å². The Kier molecular flexibility index (Phi) is 3.75. The first-order chi connectivity index (χ1) is 11.2. The maximum absolute atomic E-state index is 12.8. The molecule has 3 N–H and O–H groups in total. The van der Waals surface area contributed by atoms with E-state index in [1.54, 1.807) is 24.3 Å². The van der Waals surface area contributed by atoms with Gasteiger partial charge in [0.15, 0.2) is 5.60 Å². The molecule has 0 radical (unpaired) electrons. The standard InChI is InChI=1S/C15H14F3N3O3/c16-15(17,18)14(24)5-7-21(8-14)13(23)20-11-3-1-2-10-9(11)4-6-19-12(10)22/h1-4,6,24H,5,7-8H2,(H,19,22)(H,20,23). The highest BCUT2D eigenvalue weighted by atomic mass is 19.4. The molecule has 1 saturated heterocycles. The predicted molar refractivity (Wildman–Crippen MR) is 80.8 cm³/mol. The van der Waals surface area contributed by atoms with Gasteiger partial charge >= 0.3 is 12.2 Å². The fraction of sp³-hybridized carbons (Fsp3) is 0.333. The minimum atomic E-state index is -4.80. The van der Waals surface area contributed by atoms with Crippen molar-refractivity contribution < 1.29 is 23.1 Å². The van der Waals surface area contributed by atoms with Crippen LogP contribution in [0.15, 0.2) is 35.3 Å². The number of carbonyl (C=O) groups excluding carboxylic acids is 1.